The van der Waals surface area contributed by atoms with Crippen LogP contribution in [0.4, 0.5) is 0 Å². The summed E-state index contributed by atoms with van der Waals surface area (Å²) >= 11 is 0. The van der Waals surface area contributed by atoms with Gasteiger partial charge in [0.05, 0.1) is 18.6 Å². The van der Waals surface area contributed by atoms with Crippen molar-refractivity contribution in [2.45, 2.75) is 19.3 Å². The van der Waals surface area contributed by atoms with Gasteiger partial charge in [-0.3, -0.25) is 0 Å². The predicted octanol–water partition coefficient (Wildman–Crippen LogP) is 1.26. The molecule has 2 fully saturated rings. The van der Waals surface area contributed by atoms with E-state index in [9.17, 15) is 0 Å². The number of rotatable bonds is 4. The molecule has 0 amide bonds. The van der Waals surface area contributed by atoms with Crippen LogP contribution in [-0.4, -0.2) is 38.3 Å². The van der Waals surface area contributed by atoms with Crippen molar-refractivity contribution in [3.05, 3.63) is 0 Å². The van der Waals surface area contributed by atoms with Gasteiger partial charge in [-0.25, -0.2) is 0 Å². The summed E-state index contributed by atoms with van der Waals surface area (Å²) in [6.07, 6.45) is 3.66. The van der Waals surface area contributed by atoms with Gasteiger partial charge in [0.1, 0.15) is 0 Å². The van der Waals surface area contributed by atoms with E-state index in [0.29, 0.717) is 5.41 Å². The topological polar surface area (TPSA) is 36.3 Å². The maximum atomic E-state index is 8.80. The van der Waals surface area contributed by atoms with Crippen LogP contribution in [0.3, 0.4) is 0 Å². The first-order chi connectivity index (χ1) is 6.78. The molecule has 1 saturated carbocycles. The van der Waals surface area contributed by atoms with Gasteiger partial charge in [-0.05, 0) is 25.8 Å². The zero-order valence-corrected chi connectivity index (χ0v) is 8.83. The Balaban J connectivity index is 1.79. The second-order valence-electron chi connectivity index (χ2n) is 4.78. The molecule has 1 aliphatic carbocycles. The molecule has 0 aromatic carbocycles. The first-order valence-corrected chi connectivity index (χ1v) is 5.39. The van der Waals surface area contributed by atoms with Crippen molar-refractivity contribution >= 4 is 0 Å². The zero-order chi connectivity index (χ0) is 10.0. The monoisotopic (exact) mass is 194 g/mol. The summed E-state index contributed by atoms with van der Waals surface area (Å²) in [5, 5.41) is 8.80. The first kappa shape index (κ1) is 9.95. The third-order valence-electron chi connectivity index (χ3n) is 3.42. The van der Waals surface area contributed by atoms with Crippen molar-refractivity contribution in [2.24, 2.45) is 11.3 Å². The molecule has 0 N–H and O–H groups in total. The quantitative estimate of drug-likeness (QED) is 0.676. The summed E-state index contributed by atoms with van der Waals surface area (Å²) in [6, 6.07) is 2.36. The molecule has 1 saturated heterocycles. The van der Waals surface area contributed by atoms with E-state index in [0.717, 1.165) is 32.7 Å². The molecule has 0 aromatic heterocycles. The second-order valence-corrected chi connectivity index (χ2v) is 4.78. The minimum absolute atomic E-state index is 0.272. The summed E-state index contributed by atoms with van der Waals surface area (Å²) in [5.74, 6) is 0.272. The van der Waals surface area contributed by atoms with E-state index in [1.807, 2.05) is 0 Å². The van der Waals surface area contributed by atoms with Crippen LogP contribution in [0.2, 0.25) is 0 Å². The molecule has 1 heterocycles. The van der Waals surface area contributed by atoms with Crippen molar-refractivity contribution < 1.29 is 4.74 Å². The van der Waals surface area contributed by atoms with Crippen LogP contribution in [0.5, 0.6) is 0 Å². The van der Waals surface area contributed by atoms with Gasteiger partial charge in [0.2, 0.25) is 0 Å². The number of hydrogen-bond donors (Lipinski definition) is 0. The van der Waals surface area contributed by atoms with Crippen molar-refractivity contribution in [1.82, 2.24) is 4.90 Å². The van der Waals surface area contributed by atoms with Gasteiger partial charge in [-0.1, -0.05) is 0 Å². The molecule has 3 nitrogen and oxygen atoms in total. The Bertz CT molecular complexity index is 242. The second kappa shape index (κ2) is 3.88. The number of nitriles is 1. The molecule has 3 heteroatoms. The van der Waals surface area contributed by atoms with Crippen LogP contribution >= 0.6 is 0 Å². The Morgan fingerprint density at radius 2 is 2.36 bits per heavy atom. The van der Waals surface area contributed by atoms with Gasteiger partial charge >= 0.3 is 0 Å². The smallest absolute Gasteiger partial charge is 0.0669 e. The van der Waals surface area contributed by atoms with Crippen molar-refractivity contribution in [1.29, 1.82) is 5.26 Å². The van der Waals surface area contributed by atoms with E-state index in [4.69, 9.17) is 10.00 Å². The van der Waals surface area contributed by atoms with Gasteiger partial charge in [0.15, 0.2) is 0 Å². The van der Waals surface area contributed by atoms with Crippen LogP contribution in [0.15, 0.2) is 0 Å². The molecule has 0 aromatic rings. The highest BCUT2D eigenvalue weighted by Gasteiger charge is 2.44. The van der Waals surface area contributed by atoms with Crippen LogP contribution in [-0.2, 0) is 4.74 Å². The average Bonchev–Trinajstić information content (AvgIpc) is 2.78. The molecule has 1 aliphatic heterocycles. The van der Waals surface area contributed by atoms with Gasteiger partial charge < -0.3 is 9.64 Å². The molecule has 14 heavy (non-hydrogen) atoms. The van der Waals surface area contributed by atoms with E-state index < -0.39 is 0 Å². The minimum atomic E-state index is 0.272. The Labute approximate surface area is 85.6 Å². The average molecular weight is 194 g/mol. The number of nitrogens with zero attached hydrogens (tertiary/aromatic N) is 2. The number of likely N-dealkylation sites (tertiary alicyclic amines) is 1. The number of ether oxygens (including phenoxy) is 1. The lowest BCUT2D eigenvalue weighted by Crippen LogP contribution is -2.30. The summed E-state index contributed by atoms with van der Waals surface area (Å²) in [7, 11) is 1.78. The first-order valence-electron chi connectivity index (χ1n) is 5.39. The van der Waals surface area contributed by atoms with Crippen LogP contribution in [0.1, 0.15) is 19.3 Å². The molecule has 0 radical (unpaired) electrons. The molecule has 0 bridgehead atoms. The maximum Gasteiger partial charge on any atom is 0.0669 e. The van der Waals surface area contributed by atoms with E-state index in [2.05, 4.69) is 11.0 Å². The lowest BCUT2D eigenvalue weighted by atomic mass is 10.1. The fourth-order valence-electron chi connectivity index (χ4n) is 2.39. The molecular formula is C11H18N2O. The molecule has 0 spiro atoms. The van der Waals surface area contributed by atoms with Crippen molar-refractivity contribution in [3.8, 4) is 6.07 Å². The summed E-state index contributed by atoms with van der Waals surface area (Å²) < 4.78 is 5.24. The van der Waals surface area contributed by atoms with Crippen molar-refractivity contribution in [3.63, 3.8) is 0 Å². The Morgan fingerprint density at radius 1 is 1.57 bits per heavy atom. The van der Waals surface area contributed by atoms with Crippen LogP contribution in [0, 0.1) is 22.7 Å². The maximum absolute atomic E-state index is 8.80. The Hall–Kier alpha value is -0.590. The molecule has 1 atom stereocenters. The summed E-state index contributed by atoms with van der Waals surface area (Å²) in [6.45, 7) is 4.10. The SMILES string of the molecule is COCC1(CN2CCC(C#N)C2)CC1. The number of methoxy groups -OCH3 is 1. The number of hydrogen-bond acceptors (Lipinski definition) is 3. The largest absolute Gasteiger partial charge is 0.384 e. The molecule has 1 unspecified atom stereocenters. The van der Waals surface area contributed by atoms with Crippen LogP contribution in [0.25, 0.3) is 0 Å². The third-order valence-corrected chi connectivity index (χ3v) is 3.42. The highest BCUT2D eigenvalue weighted by Crippen LogP contribution is 2.46. The molecule has 2 aliphatic rings. The molecule has 78 valence electrons. The summed E-state index contributed by atoms with van der Waals surface area (Å²) in [4.78, 5) is 2.43. The lowest BCUT2D eigenvalue weighted by Gasteiger charge is -2.22. The molecule has 2 rings (SSSR count). The van der Waals surface area contributed by atoms with Gasteiger partial charge in [0.25, 0.3) is 0 Å². The molecular weight excluding hydrogens is 176 g/mol. The Morgan fingerprint density at radius 3 is 2.86 bits per heavy atom. The van der Waals surface area contributed by atoms with E-state index in [-0.39, 0.29) is 5.92 Å². The fourth-order valence-corrected chi connectivity index (χ4v) is 2.39. The Kier molecular flexibility index (Phi) is 2.76. The highest BCUT2D eigenvalue weighted by molar-refractivity contribution is 4.98. The fraction of sp³-hybridized carbons (Fsp3) is 0.909. The van der Waals surface area contributed by atoms with Gasteiger partial charge in [0, 0.05) is 25.6 Å². The normalized spacial score (nSPS) is 30.1. The standard InChI is InChI=1S/C11H18N2O/c1-14-9-11(3-4-11)8-13-5-2-10(6-12)7-13/h10H,2-5,7-9H2,1H3. The lowest BCUT2D eigenvalue weighted by molar-refractivity contribution is 0.115. The predicted molar refractivity (Wildman–Crippen MR) is 53.7 cm³/mol. The van der Waals surface area contributed by atoms with E-state index in [1.165, 1.54) is 12.8 Å². The highest BCUT2D eigenvalue weighted by atomic mass is 16.5. The van der Waals surface area contributed by atoms with Gasteiger partial charge in [-0.15, -0.1) is 0 Å². The van der Waals surface area contributed by atoms with E-state index >= 15 is 0 Å². The van der Waals surface area contributed by atoms with E-state index in [1.54, 1.807) is 7.11 Å². The van der Waals surface area contributed by atoms with Crippen LogP contribution < -0.4 is 0 Å². The van der Waals surface area contributed by atoms with Gasteiger partial charge in [-0.2, -0.15) is 5.26 Å². The minimum Gasteiger partial charge on any atom is -0.384 e. The zero-order valence-electron chi connectivity index (χ0n) is 8.83. The summed E-state index contributed by atoms with van der Waals surface area (Å²) in [5.41, 5.74) is 0.444. The van der Waals surface area contributed by atoms with Crippen molar-refractivity contribution in [2.75, 3.05) is 33.4 Å². The third kappa shape index (κ3) is 2.08.